The molecule has 0 saturated carbocycles. The van der Waals surface area contributed by atoms with Gasteiger partial charge in [0.05, 0.1) is 11.6 Å². The largest absolute Gasteiger partial charge is 0.492 e. The summed E-state index contributed by atoms with van der Waals surface area (Å²) in [6.45, 7) is 3.29. The van der Waals surface area contributed by atoms with Crippen LogP contribution in [0.15, 0.2) is 48.5 Å². The minimum Gasteiger partial charge on any atom is -0.492 e. The zero-order valence-corrected chi connectivity index (χ0v) is 14.6. The molecule has 128 valence electrons. The quantitative estimate of drug-likeness (QED) is 0.669. The van der Waals surface area contributed by atoms with Crippen LogP contribution < -0.4 is 15.4 Å². The predicted octanol–water partition coefficient (Wildman–Crippen LogP) is 4.88. The van der Waals surface area contributed by atoms with Gasteiger partial charge in [-0.3, -0.25) is 0 Å². The van der Waals surface area contributed by atoms with Gasteiger partial charge >= 0.3 is 6.03 Å². The third-order valence-electron chi connectivity index (χ3n) is 3.50. The molecule has 2 aromatic carbocycles. The maximum Gasteiger partial charge on any atom is 0.319 e. The molecular weight excluding hydrogens is 324 g/mol. The molecule has 0 spiro atoms. The van der Waals surface area contributed by atoms with Gasteiger partial charge in [0.2, 0.25) is 0 Å². The summed E-state index contributed by atoms with van der Waals surface area (Å²) in [5.74, 6) is 0.615. The first kappa shape index (κ1) is 18.1. The summed E-state index contributed by atoms with van der Waals surface area (Å²) in [5, 5.41) is 6.04. The van der Waals surface area contributed by atoms with Gasteiger partial charge in [-0.1, -0.05) is 55.3 Å². The molecule has 0 aliphatic rings. The third-order valence-corrected chi connectivity index (χ3v) is 3.79. The van der Waals surface area contributed by atoms with Crippen molar-refractivity contribution in [3.63, 3.8) is 0 Å². The molecule has 0 aliphatic heterocycles. The highest BCUT2D eigenvalue weighted by atomic mass is 35.5. The zero-order chi connectivity index (χ0) is 17.2. The summed E-state index contributed by atoms with van der Waals surface area (Å²) in [5.41, 5.74) is 1.86. The average molecular weight is 347 g/mol. The lowest BCUT2D eigenvalue weighted by atomic mass is 10.2. The molecule has 5 heteroatoms. The molecule has 24 heavy (non-hydrogen) atoms. The summed E-state index contributed by atoms with van der Waals surface area (Å²) < 4.78 is 5.72. The molecule has 0 aromatic heterocycles. The summed E-state index contributed by atoms with van der Waals surface area (Å²) in [4.78, 5) is 11.7. The van der Waals surface area contributed by atoms with E-state index in [0.29, 0.717) is 29.6 Å². The Kier molecular flexibility index (Phi) is 7.43. The lowest BCUT2D eigenvalue weighted by Crippen LogP contribution is -2.29. The van der Waals surface area contributed by atoms with E-state index in [4.69, 9.17) is 16.3 Å². The number of halogens is 1. The number of urea groups is 1. The zero-order valence-electron chi connectivity index (χ0n) is 13.8. The minimum atomic E-state index is -0.225. The molecule has 0 bridgehead atoms. The van der Waals surface area contributed by atoms with Gasteiger partial charge in [0.1, 0.15) is 5.75 Å². The highest BCUT2D eigenvalue weighted by Gasteiger charge is 2.06. The Hall–Kier alpha value is -2.20. The van der Waals surface area contributed by atoms with Gasteiger partial charge in [-0.05, 0) is 30.2 Å². The van der Waals surface area contributed by atoms with E-state index in [1.165, 1.54) is 5.56 Å². The van der Waals surface area contributed by atoms with E-state index < -0.39 is 0 Å². The highest BCUT2D eigenvalue weighted by molar-refractivity contribution is 6.32. The molecule has 0 aliphatic carbocycles. The van der Waals surface area contributed by atoms with Crippen LogP contribution in [0.3, 0.4) is 0 Å². The number of carbonyl (C=O) groups is 1. The second-order valence-electron chi connectivity index (χ2n) is 5.46. The molecule has 2 N–H and O–H groups in total. The number of unbranched alkanes of at least 4 members (excludes halogenated alkanes) is 1. The number of carbonyl (C=O) groups excluding carboxylic acids is 1. The standard InChI is InChI=1S/C19H23ClN2O2/c1-2-3-12-21-19(23)22-16-9-10-18(17(20)14-16)24-13-11-15-7-5-4-6-8-15/h4-10,14H,2-3,11-13H2,1H3,(H2,21,22,23). The number of nitrogens with one attached hydrogen (secondary N) is 2. The Morgan fingerprint density at radius 3 is 2.67 bits per heavy atom. The van der Waals surface area contributed by atoms with Crippen LogP contribution >= 0.6 is 11.6 Å². The maximum absolute atomic E-state index is 11.7. The molecule has 2 rings (SSSR count). The summed E-state index contributed by atoms with van der Waals surface area (Å²) in [7, 11) is 0. The highest BCUT2D eigenvalue weighted by Crippen LogP contribution is 2.27. The Labute approximate surface area is 148 Å². The van der Waals surface area contributed by atoms with Gasteiger partial charge in [-0.2, -0.15) is 0 Å². The molecule has 0 fully saturated rings. The van der Waals surface area contributed by atoms with Crippen LogP contribution in [-0.4, -0.2) is 19.2 Å². The van der Waals surface area contributed by atoms with Gasteiger partial charge in [-0.25, -0.2) is 4.79 Å². The number of rotatable bonds is 8. The Bertz CT molecular complexity index is 647. The van der Waals surface area contributed by atoms with Crippen molar-refractivity contribution in [3.05, 3.63) is 59.1 Å². The van der Waals surface area contributed by atoms with Gasteiger partial charge in [0.15, 0.2) is 0 Å². The number of hydrogen-bond acceptors (Lipinski definition) is 2. The molecular formula is C19H23ClN2O2. The van der Waals surface area contributed by atoms with Crippen LogP contribution in [0.2, 0.25) is 5.02 Å². The Balaban J connectivity index is 1.82. The molecule has 2 aromatic rings. The topological polar surface area (TPSA) is 50.4 Å². The van der Waals surface area contributed by atoms with E-state index in [-0.39, 0.29) is 6.03 Å². The van der Waals surface area contributed by atoms with Gasteiger partial charge < -0.3 is 15.4 Å². The van der Waals surface area contributed by atoms with Crippen molar-refractivity contribution in [3.8, 4) is 5.75 Å². The van der Waals surface area contributed by atoms with Gasteiger partial charge in [0.25, 0.3) is 0 Å². The van der Waals surface area contributed by atoms with E-state index in [0.717, 1.165) is 19.3 Å². The van der Waals surface area contributed by atoms with E-state index in [2.05, 4.69) is 29.7 Å². The normalized spacial score (nSPS) is 10.2. The van der Waals surface area contributed by atoms with Crippen LogP contribution in [0.4, 0.5) is 10.5 Å². The molecule has 0 atom stereocenters. The van der Waals surface area contributed by atoms with Crippen LogP contribution in [0.5, 0.6) is 5.75 Å². The predicted molar refractivity (Wildman–Crippen MR) is 99.0 cm³/mol. The SMILES string of the molecule is CCCCNC(=O)Nc1ccc(OCCc2ccccc2)c(Cl)c1. The third kappa shape index (κ3) is 6.13. The first-order valence-corrected chi connectivity index (χ1v) is 8.58. The van der Waals surface area contributed by atoms with Gasteiger partial charge in [-0.15, -0.1) is 0 Å². The number of benzene rings is 2. The molecule has 0 unspecified atom stereocenters. The monoisotopic (exact) mass is 346 g/mol. The fraction of sp³-hybridized carbons (Fsp3) is 0.316. The van der Waals surface area contributed by atoms with E-state index in [1.807, 2.05) is 18.2 Å². The van der Waals surface area contributed by atoms with E-state index in [9.17, 15) is 4.79 Å². The summed E-state index contributed by atoms with van der Waals surface area (Å²) in [6.07, 6.45) is 2.82. The summed E-state index contributed by atoms with van der Waals surface area (Å²) >= 11 is 6.22. The molecule has 0 radical (unpaired) electrons. The van der Waals surface area contributed by atoms with Crippen LogP contribution in [-0.2, 0) is 6.42 Å². The lowest BCUT2D eigenvalue weighted by molar-refractivity contribution is 0.252. The Morgan fingerprint density at radius 1 is 1.17 bits per heavy atom. The fourth-order valence-electron chi connectivity index (χ4n) is 2.17. The van der Waals surface area contributed by atoms with Crippen molar-refractivity contribution in [1.29, 1.82) is 0 Å². The fourth-order valence-corrected chi connectivity index (χ4v) is 2.41. The smallest absolute Gasteiger partial charge is 0.319 e. The first-order valence-electron chi connectivity index (χ1n) is 8.20. The Morgan fingerprint density at radius 2 is 1.96 bits per heavy atom. The number of anilines is 1. The molecule has 0 saturated heterocycles. The number of hydrogen-bond donors (Lipinski definition) is 2. The van der Waals surface area contributed by atoms with Crippen LogP contribution in [0, 0.1) is 0 Å². The second-order valence-corrected chi connectivity index (χ2v) is 5.87. The van der Waals surface area contributed by atoms with E-state index >= 15 is 0 Å². The molecule has 4 nitrogen and oxygen atoms in total. The van der Waals surface area contributed by atoms with Gasteiger partial charge in [0, 0.05) is 18.7 Å². The second kappa shape index (κ2) is 9.83. The van der Waals surface area contributed by atoms with Crippen molar-refractivity contribution in [2.24, 2.45) is 0 Å². The number of ether oxygens (including phenoxy) is 1. The number of amides is 2. The van der Waals surface area contributed by atoms with Crippen molar-refractivity contribution in [2.45, 2.75) is 26.2 Å². The maximum atomic E-state index is 11.7. The lowest BCUT2D eigenvalue weighted by Gasteiger charge is -2.11. The summed E-state index contributed by atoms with van der Waals surface area (Å²) in [6, 6.07) is 15.2. The first-order chi connectivity index (χ1) is 11.7. The van der Waals surface area contributed by atoms with Crippen molar-refractivity contribution in [2.75, 3.05) is 18.5 Å². The van der Waals surface area contributed by atoms with Crippen molar-refractivity contribution < 1.29 is 9.53 Å². The van der Waals surface area contributed by atoms with Crippen LogP contribution in [0.25, 0.3) is 0 Å². The van der Waals surface area contributed by atoms with E-state index in [1.54, 1.807) is 18.2 Å². The van der Waals surface area contributed by atoms with Crippen LogP contribution in [0.1, 0.15) is 25.3 Å². The minimum absolute atomic E-state index is 0.225. The molecule has 2 amide bonds. The van der Waals surface area contributed by atoms with Crippen molar-refractivity contribution >= 4 is 23.3 Å². The molecule has 0 heterocycles. The average Bonchev–Trinajstić information content (AvgIpc) is 2.58. The van der Waals surface area contributed by atoms with Crippen molar-refractivity contribution in [1.82, 2.24) is 5.32 Å².